The van der Waals surface area contributed by atoms with Gasteiger partial charge in [0.1, 0.15) is 5.75 Å². The van der Waals surface area contributed by atoms with Crippen LogP contribution in [0.3, 0.4) is 0 Å². The minimum absolute atomic E-state index is 0.150. The van der Waals surface area contributed by atoms with Crippen molar-refractivity contribution in [2.75, 3.05) is 13.2 Å². The number of ether oxygens (including phenoxy) is 2. The molecule has 1 N–H and O–H groups in total. The summed E-state index contributed by atoms with van der Waals surface area (Å²) in [6, 6.07) is 16.1. The molecule has 2 rings (SSSR count). The van der Waals surface area contributed by atoms with E-state index in [1.165, 1.54) is 0 Å². The Bertz CT molecular complexity index is 789. The van der Waals surface area contributed by atoms with Crippen LogP contribution in [-0.4, -0.2) is 31.4 Å². The van der Waals surface area contributed by atoms with Gasteiger partial charge in [-0.25, -0.2) is 4.79 Å². The van der Waals surface area contributed by atoms with E-state index in [1.54, 1.807) is 24.3 Å². The Balaban J connectivity index is 1.83. The molecule has 1 amide bonds. The lowest BCUT2D eigenvalue weighted by Gasteiger charge is -2.21. The SMILES string of the molecule is CC(C)C[C@@H](NC(=O)COC(=O)COc1ccccc1C=O)c1ccccc1. The maximum absolute atomic E-state index is 12.2. The zero-order valence-corrected chi connectivity index (χ0v) is 16.1. The quantitative estimate of drug-likeness (QED) is 0.503. The lowest BCUT2D eigenvalue weighted by molar-refractivity contribution is -0.150. The molecule has 0 bridgehead atoms. The van der Waals surface area contributed by atoms with Crippen LogP contribution in [0.4, 0.5) is 0 Å². The van der Waals surface area contributed by atoms with Gasteiger partial charge >= 0.3 is 5.97 Å². The average Bonchev–Trinajstić information content (AvgIpc) is 2.70. The molecule has 6 nitrogen and oxygen atoms in total. The molecule has 0 saturated carbocycles. The van der Waals surface area contributed by atoms with Crippen molar-refractivity contribution in [3.05, 3.63) is 65.7 Å². The highest BCUT2D eigenvalue weighted by Gasteiger charge is 2.17. The van der Waals surface area contributed by atoms with Gasteiger partial charge in [-0.05, 0) is 30.0 Å². The lowest BCUT2D eigenvalue weighted by Crippen LogP contribution is -2.33. The van der Waals surface area contributed by atoms with Crippen LogP contribution in [0.25, 0.3) is 0 Å². The zero-order valence-electron chi connectivity index (χ0n) is 16.1. The Morgan fingerprint density at radius 2 is 1.68 bits per heavy atom. The summed E-state index contributed by atoms with van der Waals surface area (Å²) < 4.78 is 10.3. The van der Waals surface area contributed by atoms with Crippen molar-refractivity contribution < 1.29 is 23.9 Å². The summed E-state index contributed by atoms with van der Waals surface area (Å²) in [6.07, 6.45) is 1.42. The van der Waals surface area contributed by atoms with Gasteiger partial charge in [0.05, 0.1) is 11.6 Å². The summed E-state index contributed by atoms with van der Waals surface area (Å²) in [5.41, 5.74) is 1.34. The van der Waals surface area contributed by atoms with Crippen molar-refractivity contribution in [3.63, 3.8) is 0 Å². The molecule has 0 saturated heterocycles. The number of benzene rings is 2. The van der Waals surface area contributed by atoms with Crippen LogP contribution >= 0.6 is 0 Å². The third-order valence-electron chi connectivity index (χ3n) is 4.00. The van der Waals surface area contributed by atoms with Crippen molar-refractivity contribution in [3.8, 4) is 5.75 Å². The molecule has 0 heterocycles. The molecule has 0 spiro atoms. The molecule has 28 heavy (non-hydrogen) atoms. The Hall–Kier alpha value is -3.15. The monoisotopic (exact) mass is 383 g/mol. The third-order valence-corrected chi connectivity index (χ3v) is 4.00. The van der Waals surface area contributed by atoms with Crippen LogP contribution in [0, 0.1) is 5.92 Å². The number of rotatable bonds is 10. The van der Waals surface area contributed by atoms with E-state index < -0.39 is 5.97 Å². The summed E-state index contributed by atoms with van der Waals surface area (Å²) in [7, 11) is 0. The first-order valence-corrected chi connectivity index (χ1v) is 9.16. The van der Waals surface area contributed by atoms with Gasteiger partial charge in [0.15, 0.2) is 19.5 Å². The molecular formula is C22H25NO5. The number of amides is 1. The van der Waals surface area contributed by atoms with Crippen molar-refractivity contribution >= 4 is 18.2 Å². The van der Waals surface area contributed by atoms with Crippen LogP contribution in [-0.2, 0) is 14.3 Å². The summed E-state index contributed by atoms with van der Waals surface area (Å²) in [5.74, 6) is -0.383. The van der Waals surface area contributed by atoms with Crippen molar-refractivity contribution in [1.82, 2.24) is 5.32 Å². The highest BCUT2D eigenvalue weighted by Crippen LogP contribution is 2.21. The molecule has 0 unspecified atom stereocenters. The van der Waals surface area contributed by atoms with Gasteiger partial charge in [0.2, 0.25) is 0 Å². The van der Waals surface area contributed by atoms with Gasteiger partial charge in [-0.1, -0.05) is 56.3 Å². The minimum atomic E-state index is -0.684. The molecule has 1 atom stereocenters. The number of para-hydroxylation sites is 1. The normalized spacial score (nSPS) is 11.5. The molecule has 6 heteroatoms. The maximum Gasteiger partial charge on any atom is 0.344 e. The van der Waals surface area contributed by atoms with Crippen LogP contribution in [0.5, 0.6) is 5.75 Å². The number of aldehydes is 1. The van der Waals surface area contributed by atoms with Gasteiger partial charge in [-0.2, -0.15) is 0 Å². The van der Waals surface area contributed by atoms with Gasteiger partial charge in [-0.15, -0.1) is 0 Å². The van der Waals surface area contributed by atoms with E-state index >= 15 is 0 Å². The summed E-state index contributed by atoms with van der Waals surface area (Å²) in [4.78, 5) is 35.0. The largest absolute Gasteiger partial charge is 0.481 e. The lowest BCUT2D eigenvalue weighted by atomic mass is 9.97. The van der Waals surface area contributed by atoms with Crippen LogP contribution < -0.4 is 10.1 Å². The predicted molar refractivity (Wildman–Crippen MR) is 105 cm³/mol. The second-order valence-corrected chi connectivity index (χ2v) is 6.77. The number of carbonyl (C=O) groups is 3. The molecule has 2 aromatic carbocycles. The van der Waals surface area contributed by atoms with Gasteiger partial charge < -0.3 is 14.8 Å². The smallest absolute Gasteiger partial charge is 0.344 e. The van der Waals surface area contributed by atoms with E-state index in [4.69, 9.17) is 9.47 Å². The first-order valence-electron chi connectivity index (χ1n) is 9.16. The third kappa shape index (κ3) is 6.87. The van der Waals surface area contributed by atoms with Gasteiger partial charge in [-0.3, -0.25) is 9.59 Å². The number of nitrogens with one attached hydrogen (secondary N) is 1. The highest BCUT2D eigenvalue weighted by molar-refractivity contribution is 5.82. The minimum Gasteiger partial charge on any atom is -0.481 e. The molecule has 0 aliphatic carbocycles. The van der Waals surface area contributed by atoms with Crippen LogP contribution in [0.15, 0.2) is 54.6 Å². The van der Waals surface area contributed by atoms with E-state index in [1.807, 2.05) is 30.3 Å². The van der Waals surface area contributed by atoms with E-state index in [0.29, 0.717) is 23.5 Å². The van der Waals surface area contributed by atoms with E-state index in [9.17, 15) is 14.4 Å². The molecule has 0 aromatic heterocycles. The van der Waals surface area contributed by atoms with Gasteiger partial charge in [0, 0.05) is 0 Å². The molecule has 0 aliphatic heterocycles. The number of hydrogen-bond donors (Lipinski definition) is 1. The fourth-order valence-electron chi connectivity index (χ4n) is 2.70. The fraction of sp³-hybridized carbons (Fsp3) is 0.318. The molecule has 0 radical (unpaired) electrons. The van der Waals surface area contributed by atoms with Crippen molar-refractivity contribution in [2.24, 2.45) is 5.92 Å². The fourth-order valence-corrected chi connectivity index (χ4v) is 2.70. The van der Waals surface area contributed by atoms with Crippen LogP contribution in [0.1, 0.15) is 42.2 Å². The molecule has 0 fully saturated rings. The highest BCUT2D eigenvalue weighted by atomic mass is 16.6. The Labute approximate surface area is 164 Å². The second-order valence-electron chi connectivity index (χ2n) is 6.77. The predicted octanol–water partition coefficient (Wildman–Crippen LogP) is 3.32. The summed E-state index contributed by atoms with van der Waals surface area (Å²) in [6.45, 7) is 3.39. The topological polar surface area (TPSA) is 81.7 Å². The van der Waals surface area contributed by atoms with E-state index in [0.717, 1.165) is 12.0 Å². The maximum atomic E-state index is 12.2. The average molecular weight is 383 g/mol. The molecule has 0 aliphatic rings. The summed E-state index contributed by atoms with van der Waals surface area (Å²) in [5, 5.41) is 2.91. The summed E-state index contributed by atoms with van der Waals surface area (Å²) >= 11 is 0. The van der Waals surface area contributed by atoms with Crippen molar-refractivity contribution in [2.45, 2.75) is 26.3 Å². The van der Waals surface area contributed by atoms with Gasteiger partial charge in [0.25, 0.3) is 5.91 Å². The first kappa shape index (κ1) is 21.2. The number of hydrogen-bond acceptors (Lipinski definition) is 5. The second kappa shape index (κ2) is 10.9. The Morgan fingerprint density at radius 1 is 1.00 bits per heavy atom. The first-order chi connectivity index (χ1) is 13.5. The van der Waals surface area contributed by atoms with E-state index in [2.05, 4.69) is 19.2 Å². The van der Waals surface area contributed by atoms with Crippen molar-refractivity contribution in [1.29, 1.82) is 0 Å². The molecule has 2 aromatic rings. The number of carbonyl (C=O) groups excluding carboxylic acids is 3. The van der Waals surface area contributed by atoms with Crippen LogP contribution in [0.2, 0.25) is 0 Å². The zero-order chi connectivity index (χ0) is 20.4. The number of esters is 1. The Kier molecular flexibility index (Phi) is 8.21. The van der Waals surface area contributed by atoms with E-state index in [-0.39, 0.29) is 25.2 Å². The standard InChI is InChI=1S/C22H25NO5/c1-16(2)12-19(17-8-4-3-5-9-17)23-21(25)14-28-22(26)15-27-20-11-7-6-10-18(20)13-24/h3-11,13,16,19H,12,14-15H2,1-2H3,(H,23,25)/t19-/m1/s1. The molecule has 148 valence electrons. The molecular weight excluding hydrogens is 358 g/mol. The Morgan fingerprint density at radius 3 is 2.36 bits per heavy atom.